The first-order chi connectivity index (χ1) is 18.0. The minimum atomic E-state index is -4.94. The molecular weight excluding hydrogens is 583 g/mol. The van der Waals surface area contributed by atoms with Crippen LogP contribution >= 0.6 is 19.2 Å². The highest BCUT2D eigenvalue weighted by Gasteiger charge is 2.99. The minimum absolute atomic E-state index is 0.00609. The minimum Gasteiger partial charge on any atom is -0.493 e. The van der Waals surface area contributed by atoms with Crippen molar-refractivity contribution in [3.05, 3.63) is 57.6 Å². The molecule has 0 aromatic heterocycles. The number of halogens is 7. The van der Waals surface area contributed by atoms with Crippen molar-refractivity contribution in [1.82, 2.24) is 0 Å². The predicted octanol–water partition coefficient (Wildman–Crippen LogP) is 5.10. The van der Waals surface area contributed by atoms with Gasteiger partial charge in [-0.15, -0.1) is 0 Å². The van der Waals surface area contributed by atoms with E-state index in [0.29, 0.717) is 0 Å². The van der Waals surface area contributed by atoms with Crippen molar-refractivity contribution < 1.29 is 60.0 Å². The maximum Gasteiger partial charge on any atom is 0.421 e. The van der Waals surface area contributed by atoms with Crippen LogP contribution in [0.4, 0.5) is 32.0 Å². The van der Waals surface area contributed by atoms with Gasteiger partial charge in [-0.05, 0) is 61.1 Å². The van der Waals surface area contributed by atoms with Crippen molar-refractivity contribution in [1.29, 1.82) is 0 Å². The van der Waals surface area contributed by atoms with Crippen LogP contribution in [0.3, 0.4) is 0 Å². The fraction of sp³-hybridized carbons (Fsp3) is 0.478. The van der Waals surface area contributed by atoms with E-state index in [2.05, 4.69) is 9.05 Å². The smallest absolute Gasteiger partial charge is 0.421 e. The first-order valence-corrected chi connectivity index (χ1v) is 13.4. The topological polar surface area (TPSA) is 138 Å². The third kappa shape index (κ3) is 5.61. The van der Waals surface area contributed by atoms with Crippen LogP contribution in [-0.2, 0) is 38.8 Å². The second-order valence-electron chi connectivity index (χ2n) is 9.17. The number of nitrogen functional groups attached to an aromatic ring is 1. The SMILES string of the molecule is Nc1c(CCC(CO)C(O)(O)C23OP2(=O)O3)ccc(OCCCc2cc(C(F)(F)F)ccc2Cl)c1C(F)(F)F. The predicted molar refractivity (Wildman–Crippen MR) is 125 cm³/mol. The van der Waals surface area contributed by atoms with Crippen LogP contribution < -0.4 is 10.5 Å². The average molecular weight is 606 g/mol. The third-order valence-electron chi connectivity index (χ3n) is 6.60. The Morgan fingerprint density at radius 1 is 1.03 bits per heavy atom. The monoisotopic (exact) mass is 605 g/mol. The molecule has 1 unspecified atom stereocenters. The van der Waals surface area contributed by atoms with Crippen LogP contribution in [-0.4, -0.2) is 39.8 Å². The Bertz CT molecular complexity index is 1290. The van der Waals surface area contributed by atoms with E-state index in [0.717, 1.165) is 24.3 Å². The average Bonchev–Trinajstić information content (AvgIpc) is 3.63. The molecule has 2 aliphatic rings. The van der Waals surface area contributed by atoms with Crippen molar-refractivity contribution in [2.75, 3.05) is 18.9 Å². The van der Waals surface area contributed by atoms with E-state index >= 15 is 0 Å². The molecule has 8 nitrogen and oxygen atoms in total. The number of alkyl halides is 6. The van der Waals surface area contributed by atoms with E-state index in [4.69, 9.17) is 22.1 Å². The highest BCUT2D eigenvalue weighted by molar-refractivity contribution is 7.68. The molecule has 0 aliphatic carbocycles. The van der Waals surface area contributed by atoms with Gasteiger partial charge in [0.1, 0.15) is 11.3 Å². The lowest BCUT2D eigenvalue weighted by Crippen LogP contribution is -2.49. The Kier molecular flexibility index (Phi) is 7.74. The lowest BCUT2D eigenvalue weighted by Gasteiger charge is -2.29. The number of hydrogen-bond acceptors (Lipinski definition) is 8. The summed E-state index contributed by atoms with van der Waals surface area (Å²) in [6.45, 7) is -1.12. The molecule has 1 atom stereocenters. The summed E-state index contributed by atoms with van der Waals surface area (Å²) in [5, 5.41) is 30.3. The molecule has 5 N–H and O–H groups in total. The number of aryl methyl sites for hydroxylation is 2. The molecule has 0 radical (unpaired) electrons. The van der Waals surface area contributed by atoms with Crippen molar-refractivity contribution in [3.8, 4) is 5.75 Å². The Morgan fingerprint density at radius 2 is 1.67 bits per heavy atom. The first kappa shape index (κ1) is 29.9. The van der Waals surface area contributed by atoms with Gasteiger partial charge in [0, 0.05) is 10.9 Å². The highest BCUT2D eigenvalue weighted by atomic mass is 35.5. The quantitative estimate of drug-likeness (QED) is 0.0693. The Labute approximate surface area is 222 Å². The summed E-state index contributed by atoms with van der Waals surface area (Å²) < 4.78 is 107. The molecular formula is C23H23ClF6NO7P. The standard InChI is InChI=1S/C23H23ClF6NO7P/c24-16-7-6-14(21(25,26)27)10-13(16)2-1-9-36-17-8-4-12(19(31)18(17)22(28,29)30)3-5-15(11-32)20(33,34)23-37-39(23,35)38-23/h4,6-8,10,15,32-34H,1-3,5,9,11,31H2. The van der Waals surface area contributed by atoms with Gasteiger partial charge in [-0.2, -0.15) is 26.3 Å². The summed E-state index contributed by atoms with van der Waals surface area (Å²) in [4.78, 5) is 0. The number of hydrogen-bond donors (Lipinski definition) is 4. The maximum absolute atomic E-state index is 13.9. The maximum atomic E-state index is 13.9. The van der Waals surface area contributed by atoms with E-state index < -0.39 is 66.4 Å². The summed E-state index contributed by atoms with van der Waals surface area (Å²) in [6.07, 6.45) is -9.99. The summed E-state index contributed by atoms with van der Waals surface area (Å²) in [7, 11) is -3.59. The van der Waals surface area contributed by atoms with Crippen LogP contribution in [0.2, 0.25) is 5.02 Å². The van der Waals surface area contributed by atoms with Gasteiger partial charge in [-0.1, -0.05) is 17.7 Å². The van der Waals surface area contributed by atoms with Gasteiger partial charge < -0.3 is 25.8 Å². The highest BCUT2D eigenvalue weighted by Crippen LogP contribution is 3.00. The molecule has 2 aliphatic heterocycles. The van der Waals surface area contributed by atoms with Crippen LogP contribution in [0, 0.1) is 5.92 Å². The molecule has 2 fully saturated rings. The summed E-state index contributed by atoms with van der Waals surface area (Å²) in [5.41, 5.74) is 0.934. The van der Waals surface area contributed by atoms with E-state index in [1.54, 1.807) is 0 Å². The van der Waals surface area contributed by atoms with Gasteiger partial charge in [0.15, 0.2) is 0 Å². The van der Waals surface area contributed by atoms with E-state index in [9.17, 15) is 46.2 Å². The molecule has 2 saturated heterocycles. The fourth-order valence-electron chi connectivity index (χ4n) is 4.30. The second kappa shape index (κ2) is 10.1. The number of fused-ring (bicyclic) bond motifs is 1. The van der Waals surface area contributed by atoms with Gasteiger partial charge in [0.05, 0.1) is 24.5 Å². The van der Waals surface area contributed by atoms with Gasteiger partial charge in [-0.25, -0.2) is 0 Å². The van der Waals surface area contributed by atoms with Crippen molar-refractivity contribution >= 4 is 24.9 Å². The number of ether oxygens (including phenoxy) is 1. The van der Waals surface area contributed by atoms with Crippen LogP contribution in [0.5, 0.6) is 5.75 Å². The lowest BCUT2D eigenvalue weighted by atomic mass is 9.90. The second-order valence-corrected chi connectivity index (χ2v) is 11.5. The summed E-state index contributed by atoms with van der Waals surface area (Å²) in [6, 6.07) is 5.04. The Balaban J connectivity index is 1.43. The molecule has 216 valence electrons. The molecule has 4 rings (SSSR count). The van der Waals surface area contributed by atoms with Gasteiger partial charge >= 0.3 is 25.5 Å². The van der Waals surface area contributed by atoms with Crippen molar-refractivity contribution in [2.24, 2.45) is 5.92 Å². The molecule has 0 amide bonds. The Morgan fingerprint density at radius 3 is 2.21 bits per heavy atom. The van der Waals surface area contributed by atoms with Crippen LogP contribution in [0.15, 0.2) is 30.3 Å². The zero-order chi connectivity index (χ0) is 29.0. The van der Waals surface area contributed by atoms with Gasteiger partial charge in [0.25, 0.3) is 0 Å². The molecule has 0 spiro atoms. The first-order valence-electron chi connectivity index (χ1n) is 11.5. The van der Waals surface area contributed by atoms with Gasteiger partial charge in [0.2, 0.25) is 5.79 Å². The Hall–Kier alpha value is -2.06. The number of anilines is 1. The van der Waals surface area contributed by atoms with Gasteiger partial charge in [-0.3, -0.25) is 13.6 Å². The van der Waals surface area contributed by atoms with Crippen LogP contribution in [0.25, 0.3) is 0 Å². The number of nitrogens with two attached hydrogens (primary N) is 1. The number of benzene rings is 2. The van der Waals surface area contributed by atoms with E-state index in [1.165, 1.54) is 6.07 Å². The lowest BCUT2D eigenvalue weighted by molar-refractivity contribution is -0.282. The van der Waals surface area contributed by atoms with Crippen LogP contribution in [0.1, 0.15) is 35.1 Å². The molecule has 2 aromatic rings. The molecule has 0 saturated carbocycles. The molecule has 0 bridgehead atoms. The fourth-order valence-corrected chi connectivity index (χ4v) is 6.35. The number of aliphatic hydroxyl groups excluding tert-OH is 1. The zero-order valence-corrected chi connectivity index (χ0v) is 21.5. The van der Waals surface area contributed by atoms with E-state index in [-0.39, 0.29) is 48.4 Å². The largest absolute Gasteiger partial charge is 0.493 e. The molecule has 39 heavy (non-hydrogen) atoms. The molecule has 2 heterocycles. The summed E-state index contributed by atoms with van der Waals surface area (Å²) >= 11 is 5.95. The normalized spacial score (nSPS) is 23.3. The number of rotatable bonds is 11. The summed E-state index contributed by atoms with van der Waals surface area (Å²) in [5.74, 6) is -4.83. The number of aliphatic hydroxyl groups is 3. The van der Waals surface area contributed by atoms with E-state index in [1.807, 2.05) is 0 Å². The third-order valence-corrected chi connectivity index (χ3v) is 8.87. The molecule has 16 heteroatoms. The van der Waals surface area contributed by atoms with Crippen molar-refractivity contribution in [2.45, 2.75) is 49.4 Å². The zero-order valence-electron chi connectivity index (χ0n) is 19.9. The molecule has 2 aromatic carbocycles. The van der Waals surface area contributed by atoms with Crippen molar-refractivity contribution in [3.63, 3.8) is 0 Å².